The van der Waals surface area contributed by atoms with Gasteiger partial charge < -0.3 is 14.9 Å². The molecule has 0 aromatic carbocycles. The molecule has 2 N–H and O–H groups in total. The lowest BCUT2D eigenvalue weighted by molar-refractivity contribution is -0.131. The van der Waals surface area contributed by atoms with Crippen molar-refractivity contribution in [2.75, 3.05) is 39.6 Å². The molecule has 9 nitrogen and oxygen atoms in total. The Hall–Kier alpha value is -2.16. The van der Waals surface area contributed by atoms with Crippen LogP contribution in [0.1, 0.15) is 0 Å². The van der Waals surface area contributed by atoms with Crippen LogP contribution >= 0.6 is 0 Å². The molecule has 106 valence electrons. The minimum Gasteiger partial charge on any atom is -0.395 e. The molecule has 0 atom stereocenters. The molecule has 0 aliphatic rings. The highest BCUT2D eigenvalue weighted by Gasteiger charge is 2.12. The molecule has 0 aliphatic heterocycles. The van der Waals surface area contributed by atoms with Crippen molar-refractivity contribution in [1.82, 2.24) is 24.8 Å². The first-order valence-corrected chi connectivity index (χ1v) is 5.67. The van der Waals surface area contributed by atoms with Gasteiger partial charge in [0, 0.05) is 27.7 Å². The van der Waals surface area contributed by atoms with Crippen molar-refractivity contribution in [2.45, 2.75) is 6.54 Å². The van der Waals surface area contributed by atoms with Crippen LogP contribution in [0.4, 0.5) is 10.6 Å². The van der Waals surface area contributed by atoms with Crippen LogP contribution in [-0.4, -0.2) is 76.1 Å². The zero-order valence-corrected chi connectivity index (χ0v) is 11.2. The number of urea groups is 1. The third-order valence-corrected chi connectivity index (χ3v) is 2.32. The number of aliphatic hydroxyl groups excluding tert-OH is 1. The summed E-state index contributed by atoms with van der Waals surface area (Å²) >= 11 is 0. The van der Waals surface area contributed by atoms with Crippen LogP contribution in [0.15, 0.2) is 6.20 Å². The number of rotatable bonds is 5. The molecule has 0 bridgehead atoms. The fourth-order valence-corrected chi connectivity index (χ4v) is 1.17. The predicted octanol–water partition coefficient (Wildman–Crippen LogP) is -1.18. The van der Waals surface area contributed by atoms with Crippen molar-refractivity contribution in [1.29, 1.82) is 0 Å². The average Bonchev–Trinajstić information content (AvgIpc) is 2.76. The summed E-state index contributed by atoms with van der Waals surface area (Å²) < 4.78 is 0. The second kappa shape index (κ2) is 6.69. The summed E-state index contributed by atoms with van der Waals surface area (Å²) in [5.74, 6) is 0.0476. The maximum absolute atomic E-state index is 11.7. The Labute approximate surface area is 110 Å². The zero-order valence-electron chi connectivity index (χ0n) is 11.2. The van der Waals surface area contributed by atoms with Gasteiger partial charge in [-0.2, -0.15) is 9.90 Å². The van der Waals surface area contributed by atoms with E-state index in [1.165, 1.54) is 20.8 Å². The van der Waals surface area contributed by atoms with Crippen LogP contribution in [0, 0.1) is 0 Å². The molecule has 3 amide bonds. The summed E-state index contributed by atoms with van der Waals surface area (Å²) in [6, 6.07) is -0.323. The second-order valence-electron chi connectivity index (χ2n) is 4.12. The van der Waals surface area contributed by atoms with Gasteiger partial charge in [-0.25, -0.2) is 4.79 Å². The number of nitrogens with zero attached hydrogens (tertiary/aromatic N) is 5. The third-order valence-electron chi connectivity index (χ3n) is 2.32. The number of nitrogens with one attached hydrogen (secondary N) is 1. The van der Waals surface area contributed by atoms with Crippen LogP contribution in [0.3, 0.4) is 0 Å². The van der Waals surface area contributed by atoms with Crippen molar-refractivity contribution in [3.63, 3.8) is 0 Å². The van der Waals surface area contributed by atoms with Crippen molar-refractivity contribution >= 4 is 17.8 Å². The molecule has 0 fully saturated rings. The number of anilines is 1. The van der Waals surface area contributed by atoms with E-state index in [0.29, 0.717) is 0 Å². The van der Waals surface area contributed by atoms with Crippen LogP contribution in [0.5, 0.6) is 0 Å². The molecule has 1 heterocycles. The van der Waals surface area contributed by atoms with Crippen LogP contribution < -0.4 is 5.32 Å². The van der Waals surface area contributed by atoms with Crippen LogP contribution in [-0.2, 0) is 11.3 Å². The summed E-state index contributed by atoms with van der Waals surface area (Å²) in [7, 11) is 4.79. The number of carbonyl (C=O) groups excluding carboxylic acids is 2. The lowest BCUT2D eigenvalue weighted by atomic mass is 10.5. The van der Waals surface area contributed by atoms with E-state index in [1.807, 2.05) is 0 Å². The molecule has 0 spiro atoms. The van der Waals surface area contributed by atoms with Gasteiger partial charge in [0.25, 0.3) is 0 Å². The summed E-state index contributed by atoms with van der Waals surface area (Å²) in [4.78, 5) is 27.0. The molecule has 0 saturated heterocycles. The summed E-state index contributed by atoms with van der Waals surface area (Å²) in [6.07, 6.45) is 1.36. The summed E-state index contributed by atoms with van der Waals surface area (Å²) in [5.41, 5.74) is 0. The summed E-state index contributed by atoms with van der Waals surface area (Å²) in [5, 5.41) is 19.1. The highest BCUT2D eigenvalue weighted by Crippen LogP contribution is 2.00. The molecule has 0 aliphatic carbocycles. The van der Waals surface area contributed by atoms with Gasteiger partial charge >= 0.3 is 6.03 Å². The number of amides is 3. The Morgan fingerprint density at radius 1 is 1.42 bits per heavy atom. The number of carbonyl (C=O) groups is 2. The van der Waals surface area contributed by atoms with Gasteiger partial charge in [0.1, 0.15) is 6.54 Å². The fraction of sp³-hybridized carbons (Fsp3) is 0.600. The van der Waals surface area contributed by atoms with Gasteiger partial charge in [-0.1, -0.05) is 0 Å². The SMILES string of the molecule is CN(C)C(=O)Nc1cnn(CC(=O)N(C)CCO)n1. The van der Waals surface area contributed by atoms with Crippen molar-refractivity contribution in [3.8, 4) is 0 Å². The second-order valence-corrected chi connectivity index (χ2v) is 4.12. The first-order chi connectivity index (χ1) is 8.93. The first-order valence-electron chi connectivity index (χ1n) is 5.67. The van der Waals surface area contributed by atoms with E-state index in [9.17, 15) is 9.59 Å². The minimum absolute atomic E-state index is 0.0473. The van der Waals surface area contributed by atoms with Crippen molar-refractivity contribution < 1.29 is 14.7 Å². The number of aliphatic hydroxyl groups is 1. The topological polar surface area (TPSA) is 104 Å². The Morgan fingerprint density at radius 3 is 2.68 bits per heavy atom. The smallest absolute Gasteiger partial charge is 0.322 e. The van der Waals surface area contributed by atoms with Crippen molar-refractivity contribution in [3.05, 3.63) is 6.20 Å². The largest absolute Gasteiger partial charge is 0.395 e. The minimum atomic E-state index is -0.323. The van der Waals surface area contributed by atoms with Gasteiger partial charge in [0.05, 0.1) is 12.8 Å². The van der Waals surface area contributed by atoms with Gasteiger partial charge in [-0.15, -0.1) is 5.10 Å². The Bertz CT molecular complexity index is 444. The maximum atomic E-state index is 11.7. The van der Waals surface area contributed by atoms with E-state index < -0.39 is 0 Å². The van der Waals surface area contributed by atoms with E-state index in [2.05, 4.69) is 15.5 Å². The Kier molecular flexibility index (Phi) is 5.24. The molecule has 0 unspecified atom stereocenters. The van der Waals surface area contributed by atoms with Crippen LogP contribution in [0.2, 0.25) is 0 Å². The van der Waals surface area contributed by atoms with Gasteiger partial charge in [0.2, 0.25) is 5.91 Å². The number of likely N-dealkylation sites (N-methyl/N-ethyl adjacent to an activating group) is 1. The third kappa shape index (κ3) is 4.54. The highest BCUT2D eigenvalue weighted by atomic mass is 16.3. The first kappa shape index (κ1) is 14.9. The summed E-state index contributed by atoms with van der Waals surface area (Å²) in [6.45, 7) is 0.109. The zero-order chi connectivity index (χ0) is 14.4. The van der Waals surface area contributed by atoms with Crippen LogP contribution in [0.25, 0.3) is 0 Å². The quantitative estimate of drug-likeness (QED) is 0.701. The average molecular weight is 270 g/mol. The lowest BCUT2D eigenvalue weighted by Crippen LogP contribution is -2.33. The molecule has 0 radical (unpaired) electrons. The molecule has 1 aromatic heterocycles. The molecule has 1 aromatic rings. The maximum Gasteiger partial charge on any atom is 0.322 e. The Morgan fingerprint density at radius 2 is 2.11 bits per heavy atom. The van der Waals surface area contributed by atoms with E-state index in [-0.39, 0.29) is 37.5 Å². The number of hydrogen-bond acceptors (Lipinski definition) is 5. The van der Waals surface area contributed by atoms with E-state index in [1.54, 1.807) is 21.1 Å². The van der Waals surface area contributed by atoms with Crippen molar-refractivity contribution in [2.24, 2.45) is 0 Å². The molecular formula is C10H18N6O3. The van der Waals surface area contributed by atoms with E-state index in [0.717, 1.165) is 0 Å². The molecule has 9 heteroatoms. The number of aromatic nitrogens is 3. The predicted molar refractivity (Wildman–Crippen MR) is 67.5 cm³/mol. The Balaban J connectivity index is 2.55. The fourth-order valence-electron chi connectivity index (χ4n) is 1.17. The number of hydrogen-bond donors (Lipinski definition) is 2. The molecular weight excluding hydrogens is 252 g/mol. The van der Waals surface area contributed by atoms with Gasteiger partial charge in [-0.3, -0.25) is 10.1 Å². The van der Waals surface area contributed by atoms with E-state index in [4.69, 9.17) is 5.11 Å². The molecule has 0 saturated carbocycles. The van der Waals surface area contributed by atoms with Gasteiger partial charge in [0.15, 0.2) is 5.82 Å². The normalized spacial score (nSPS) is 10.1. The molecule has 19 heavy (non-hydrogen) atoms. The van der Waals surface area contributed by atoms with Gasteiger partial charge in [-0.05, 0) is 0 Å². The highest BCUT2D eigenvalue weighted by molar-refractivity contribution is 5.87. The monoisotopic (exact) mass is 270 g/mol. The van der Waals surface area contributed by atoms with E-state index >= 15 is 0 Å². The lowest BCUT2D eigenvalue weighted by Gasteiger charge is -2.14. The molecule has 1 rings (SSSR count). The standard InChI is InChI=1S/C10H18N6O3/c1-14(2)10(19)12-8-6-11-16(13-8)7-9(18)15(3)4-5-17/h6,17H,4-5,7H2,1-3H3,(H,12,13,19).